The molecule has 0 saturated carbocycles. The molecule has 2 aromatic heterocycles. The van der Waals surface area contributed by atoms with Crippen LogP contribution < -0.4 is 10.0 Å². The maximum atomic E-state index is 12.9. The highest BCUT2D eigenvalue weighted by Crippen LogP contribution is 2.39. The number of fused-ring (bicyclic) bond motifs is 2. The fourth-order valence-electron chi connectivity index (χ4n) is 3.91. The third kappa shape index (κ3) is 4.81. The second-order valence-corrected chi connectivity index (χ2v) is 11.6. The van der Waals surface area contributed by atoms with Gasteiger partial charge in [-0.2, -0.15) is 0 Å². The maximum Gasteiger partial charge on any atom is 0.268 e. The van der Waals surface area contributed by atoms with Crippen molar-refractivity contribution in [2.45, 2.75) is 24.5 Å². The number of carbonyl (C=O) groups excluding carboxylic acids is 1. The molecule has 0 bridgehead atoms. The molecule has 0 radical (unpaired) electrons. The van der Waals surface area contributed by atoms with Crippen molar-refractivity contribution < 1.29 is 23.4 Å². The summed E-state index contributed by atoms with van der Waals surface area (Å²) in [5.41, 5.74) is 2.72. The van der Waals surface area contributed by atoms with E-state index in [9.17, 15) is 18.3 Å². The van der Waals surface area contributed by atoms with E-state index in [-0.39, 0.29) is 18.2 Å². The quantitative estimate of drug-likeness (QED) is 0.312. The number of amides is 1. The minimum Gasteiger partial charge on any atom is -0.394 e. The number of aromatic amines is 1. The van der Waals surface area contributed by atoms with Crippen molar-refractivity contribution in [3.05, 3.63) is 56.5 Å². The molecule has 3 aromatic rings. The van der Waals surface area contributed by atoms with Crippen LogP contribution in [0.25, 0.3) is 10.2 Å². The van der Waals surface area contributed by atoms with Crippen molar-refractivity contribution in [3.8, 4) is 0 Å². The molecule has 5 N–H and O–H groups in total. The molecule has 4 rings (SSSR count). The summed E-state index contributed by atoms with van der Waals surface area (Å²) in [7, 11) is -3.78. The lowest BCUT2D eigenvalue weighted by atomic mass is 10.0. The number of sulfonamides is 1. The Morgan fingerprint density at radius 2 is 2.06 bits per heavy atom. The van der Waals surface area contributed by atoms with Gasteiger partial charge in [-0.25, -0.2) is 13.1 Å². The van der Waals surface area contributed by atoms with Crippen LogP contribution in [-0.2, 0) is 16.4 Å². The zero-order valence-corrected chi connectivity index (χ0v) is 19.8. The number of carbonyl (C=O) groups is 1. The number of benzene rings is 1. The second-order valence-electron chi connectivity index (χ2n) is 7.67. The Morgan fingerprint density at radius 1 is 1.31 bits per heavy atom. The molecule has 172 valence electrons. The van der Waals surface area contributed by atoms with Crippen molar-refractivity contribution in [1.82, 2.24) is 15.0 Å². The number of H-pyrrole nitrogens is 1. The molecule has 1 aliphatic rings. The number of aliphatic hydroxyl groups excluding tert-OH is 2. The number of aliphatic hydroxyl groups is 2. The van der Waals surface area contributed by atoms with E-state index in [1.165, 1.54) is 11.3 Å². The smallest absolute Gasteiger partial charge is 0.268 e. The van der Waals surface area contributed by atoms with Gasteiger partial charge in [0.05, 0.1) is 33.7 Å². The molecule has 2 heterocycles. The summed E-state index contributed by atoms with van der Waals surface area (Å²) in [4.78, 5) is 15.9. The molecule has 0 saturated heterocycles. The molecule has 1 amide bonds. The largest absolute Gasteiger partial charge is 0.394 e. The first-order chi connectivity index (χ1) is 15.2. The average Bonchev–Trinajstić information content (AvgIpc) is 3.40. The summed E-state index contributed by atoms with van der Waals surface area (Å²) >= 11 is 13.4. The SMILES string of the molecule is O=C(N[C@@H]1Cc2ccccc2[C@@H]1CS(=O)(=O)NCC(O)CO)c1cc2sc(Cl)c(Cl)c2[nH]1. The normalized spacial score (nSPS) is 19.2. The highest BCUT2D eigenvalue weighted by atomic mass is 35.5. The van der Waals surface area contributed by atoms with Crippen LogP contribution in [0.3, 0.4) is 0 Å². The number of nitrogens with one attached hydrogen (secondary N) is 3. The Bertz CT molecular complexity index is 1260. The summed E-state index contributed by atoms with van der Waals surface area (Å²) in [5, 5.41) is 21.7. The fraction of sp³-hybridized carbons (Fsp3) is 0.350. The zero-order valence-electron chi connectivity index (χ0n) is 16.6. The molecule has 32 heavy (non-hydrogen) atoms. The van der Waals surface area contributed by atoms with Crippen molar-refractivity contribution >= 4 is 60.7 Å². The highest BCUT2D eigenvalue weighted by Gasteiger charge is 2.37. The first-order valence-corrected chi connectivity index (χ1v) is 13.0. The Kier molecular flexibility index (Phi) is 6.83. The summed E-state index contributed by atoms with van der Waals surface area (Å²) in [6.45, 7) is -0.830. The maximum absolute atomic E-state index is 12.9. The Balaban J connectivity index is 1.54. The van der Waals surface area contributed by atoms with E-state index in [1.807, 2.05) is 24.3 Å². The highest BCUT2D eigenvalue weighted by molar-refractivity contribution is 7.89. The van der Waals surface area contributed by atoms with Crippen molar-refractivity contribution in [1.29, 1.82) is 0 Å². The standard InChI is InChI=1S/C20H21Cl2N3O5S2/c21-17-18-16(31-19(17)22)6-15(24-18)20(28)25-14-5-10-3-1-2-4-12(10)13(14)9-32(29,30)23-7-11(27)8-26/h1-4,6,11,13-14,23-24,26-27H,5,7-9H2,(H,25,28)/t11?,13-,14+/m0/s1. The van der Waals surface area contributed by atoms with Gasteiger partial charge in [0.25, 0.3) is 5.91 Å². The number of hydrogen-bond acceptors (Lipinski definition) is 6. The number of aromatic nitrogens is 1. The first kappa shape index (κ1) is 23.5. The monoisotopic (exact) mass is 517 g/mol. The van der Waals surface area contributed by atoms with E-state index in [2.05, 4.69) is 15.0 Å². The lowest BCUT2D eigenvalue weighted by Crippen LogP contribution is -2.42. The van der Waals surface area contributed by atoms with E-state index >= 15 is 0 Å². The van der Waals surface area contributed by atoms with E-state index in [4.69, 9.17) is 28.3 Å². The van der Waals surface area contributed by atoms with Crippen molar-refractivity contribution in [2.75, 3.05) is 18.9 Å². The molecular formula is C20H21Cl2N3O5S2. The van der Waals surface area contributed by atoms with Gasteiger partial charge in [0.15, 0.2) is 0 Å². The van der Waals surface area contributed by atoms with Crippen LogP contribution in [0.4, 0.5) is 0 Å². The van der Waals surface area contributed by atoms with Crippen LogP contribution in [0.1, 0.15) is 27.5 Å². The van der Waals surface area contributed by atoms with Gasteiger partial charge in [-0.05, 0) is 23.6 Å². The number of hydrogen-bond donors (Lipinski definition) is 5. The van der Waals surface area contributed by atoms with Gasteiger partial charge in [-0.1, -0.05) is 47.5 Å². The Labute approximate surface area is 198 Å². The van der Waals surface area contributed by atoms with Crippen LogP contribution in [0, 0.1) is 0 Å². The van der Waals surface area contributed by atoms with E-state index in [0.717, 1.165) is 15.8 Å². The van der Waals surface area contributed by atoms with Crippen molar-refractivity contribution in [2.24, 2.45) is 0 Å². The Hall–Kier alpha value is -1.66. The molecule has 8 nitrogen and oxygen atoms in total. The summed E-state index contributed by atoms with van der Waals surface area (Å²) in [5.74, 6) is -1.12. The van der Waals surface area contributed by atoms with Crippen LogP contribution in [0.2, 0.25) is 9.36 Å². The topological polar surface area (TPSA) is 132 Å². The number of rotatable bonds is 8. The van der Waals surface area contributed by atoms with Gasteiger partial charge >= 0.3 is 0 Å². The molecule has 0 spiro atoms. The molecule has 12 heteroatoms. The van der Waals surface area contributed by atoms with Gasteiger partial charge in [-0.3, -0.25) is 4.79 Å². The molecular weight excluding hydrogens is 497 g/mol. The predicted molar refractivity (Wildman–Crippen MR) is 125 cm³/mol. The van der Waals surface area contributed by atoms with E-state index < -0.39 is 34.7 Å². The van der Waals surface area contributed by atoms with Crippen LogP contribution >= 0.6 is 34.5 Å². The lowest BCUT2D eigenvalue weighted by Gasteiger charge is -2.22. The minimum atomic E-state index is -3.78. The first-order valence-electron chi connectivity index (χ1n) is 9.80. The second kappa shape index (κ2) is 9.30. The van der Waals surface area contributed by atoms with Gasteiger partial charge in [0.2, 0.25) is 10.0 Å². The lowest BCUT2D eigenvalue weighted by molar-refractivity contribution is 0.0930. The van der Waals surface area contributed by atoms with Crippen molar-refractivity contribution in [3.63, 3.8) is 0 Å². The van der Waals surface area contributed by atoms with Gasteiger partial charge in [0.1, 0.15) is 10.0 Å². The fourth-order valence-corrected chi connectivity index (χ4v) is 6.84. The molecule has 1 unspecified atom stereocenters. The van der Waals surface area contributed by atoms with Crippen LogP contribution in [0.15, 0.2) is 30.3 Å². The van der Waals surface area contributed by atoms with Crippen LogP contribution in [-0.4, -0.2) is 60.6 Å². The molecule has 3 atom stereocenters. The molecule has 0 aliphatic heterocycles. The molecule has 0 fully saturated rings. The zero-order chi connectivity index (χ0) is 23.0. The number of halogens is 2. The minimum absolute atomic E-state index is 0.269. The third-order valence-corrected chi connectivity index (χ3v) is 8.80. The third-order valence-electron chi connectivity index (χ3n) is 5.46. The summed E-state index contributed by atoms with van der Waals surface area (Å²) in [6, 6.07) is 8.69. The number of thiophene rings is 1. The molecule has 1 aliphatic carbocycles. The Morgan fingerprint density at radius 3 is 2.78 bits per heavy atom. The van der Waals surface area contributed by atoms with E-state index in [1.54, 1.807) is 6.07 Å². The predicted octanol–water partition coefficient (Wildman–Crippen LogP) is 2.25. The van der Waals surface area contributed by atoms with Gasteiger partial charge < -0.3 is 20.5 Å². The van der Waals surface area contributed by atoms with Crippen LogP contribution in [0.5, 0.6) is 0 Å². The van der Waals surface area contributed by atoms with Gasteiger partial charge in [0, 0.05) is 18.5 Å². The summed E-state index contributed by atoms with van der Waals surface area (Å²) < 4.78 is 28.8. The van der Waals surface area contributed by atoms with Gasteiger partial charge in [-0.15, -0.1) is 11.3 Å². The summed E-state index contributed by atoms with van der Waals surface area (Å²) in [6.07, 6.45) is -0.693. The average molecular weight is 518 g/mol. The van der Waals surface area contributed by atoms with E-state index in [0.29, 0.717) is 27.0 Å². The molecule has 1 aromatic carbocycles.